The predicted molar refractivity (Wildman–Crippen MR) is 83.1 cm³/mol. The molecule has 0 spiro atoms. The van der Waals surface area contributed by atoms with Crippen LogP contribution < -0.4 is 5.32 Å². The fourth-order valence-corrected chi connectivity index (χ4v) is 3.90. The molecule has 1 atom stereocenters. The van der Waals surface area contributed by atoms with Crippen LogP contribution in [0.1, 0.15) is 23.1 Å². The summed E-state index contributed by atoms with van der Waals surface area (Å²) in [5.41, 5.74) is 4.45. The van der Waals surface area contributed by atoms with E-state index in [1.165, 1.54) is 36.2 Å². The molecule has 3 aliphatic heterocycles. The van der Waals surface area contributed by atoms with Gasteiger partial charge in [-0.05, 0) is 23.1 Å². The molecule has 1 unspecified atom stereocenters. The van der Waals surface area contributed by atoms with E-state index in [4.69, 9.17) is 4.74 Å². The SMILES string of the molecule is c1cc2c(cc1CN1CCC(N3CCOCC3)C1)CNC2. The summed E-state index contributed by atoms with van der Waals surface area (Å²) in [6.45, 7) is 9.69. The summed E-state index contributed by atoms with van der Waals surface area (Å²) in [5.74, 6) is 0. The number of hydrogen-bond acceptors (Lipinski definition) is 4. The second kappa shape index (κ2) is 6.05. The van der Waals surface area contributed by atoms with Gasteiger partial charge >= 0.3 is 0 Å². The van der Waals surface area contributed by atoms with Crippen molar-refractivity contribution in [2.24, 2.45) is 0 Å². The first-order valence-corrected chi connectivity index (χ1v) is 8.24. The van der Waals surface area contributed by atoms with Crippen molar-refractivity contribution in [3.05, 3.63) is 34.9 Å². The Balaban J connectivity index is 1.35. The van der Waals surface area contributed by atoms with E-state index in [0.717, 1.165) is 52.0 Å². The smallest absolute Gasteiger partial charge is 0.0594 e. The van der Waals surface area contributed by atoms with E-state index in [2.05, 4.69) is 33.3 Å². The largest absolute Gasteiger partial charge is 0.379 e. The molecule has 114 valence electrons. The number of hydrogen-bond donors (Lipinski definition) is 1. The van der Waals surface area contributed by atoms with E-state index in [9.17, 15) is 0 Å². The lowest BCUT2D eigenvalue weighted by Gasteiger charge is -2.32. The van der Waals surface area contributed by atoms with E-state index >= 15 is 0 Å². The third kappa shape index (κ3) is 2.99. The Morgan fingerprint density at radius 2 is 1.95 bits per heavy atom. The van der Waals surface area contributed by atoms with Crippen LogP contribution in [-0.2, 0) is 24.4 Å². The van der Waals surface area contributed by atoms with Gasteiger partial charge < -0.3 is 10.1 Å². The molecule has 4 heteroatoms. The van der Waals surface area contributed by atoms with Crippen LogP contribution >= 0.6 is 0 Å². The van der Waals surface area contributed by atoms with E-state index in [0.29, 0.717) is 0 Å². The van der Waals surface area contributed by atoms with Crippen LogP contribution in [-0.4, -0.2) is 55.2 Å². The fraction of sp³-hybridized carbons (Fsp3) is 0.647. The van der Waals surface area contributed by atoms with E-state index in [1.54, 1.807) is 0 Å². The molecular formula is C17H25N3O. The first-order valence-electron chi connectivity index (χ1n) is 8.24. The van der Waals surface area contributed by atoms with Crippen molar-refractivity contribution in [2.75, 3.05) is 39.4 Å². The summed E-state index contributed by atoms with van der Waals surface area (Å²) in [6, 6.07) is 7.76. The maximum atomic E-state index is 5.46. The summed E-state index contributed by atoms with van der Waals surface area (Å²) in [7, 11) is 0. The third-order valence-electron chi connectivity index (χ3n) is 5.12. The Labute approximate surface area is 127 Å². The molecule has 0 bridgehead atoms. The first-order chi connectivity index (χ1) is 10.4. The predicted octanol–water partition coefficient (Wildman–Crippen LogP) is 1.20. The van der Waals surface area contributed by atoms with Gasteiger partial charge in [0.05, 0.1) is 13.2 Å². The lowest BCUT2D eigenvalue weighted by atomic mass is 10.1. The second-order valence-electron chi connectivity index (χ2n) is 6.53. The van der Waals surface area contributed by atoms with Gasteiger partial charge in [-0.15, -0.1) is 0 Å². The lowest BCUT2D eigenvalue weighted by Crippen LogP contribution is -2.44. The zero-order valence-corrected chi connectivity index (χ0v) is 12.7. The molecule has 0 aromatic heterocycles. The number of nitrogens with one attached hydrogen (secondary N) is 1. The topological polar surface area (TPSA) is 27.7 Å². The quantitative estimate of drug-likeness (QED) is 0.904. The van der Waals surface area contributed by atoms with Crippen LogP contribution in [0.4, 0.5) is 0 Å². The number of nitrogens with zero attached hydrogens (tertiary/aromatic N) is 2. The average molecular weight is 287 g/mol. The van der Waals surface area contributed by atoms with Crippen molar-refractivity contribution < 1.29 is 4.74 Å². The minimum Gasteiger partial charge on any atom is -0.379 e. The minimum absolute atomic E-state index is 0.741. The van der Waals surface area contributed by atoms with Crippen molar-refractivity contribution in [2.45, 2.75) is 32.1 Å². The van der Waals surface area contributed by atoms with Gasteiger partial charge in [0, 0.05) is 51.9 Å². The number of ether oxygens (including phenoxy) is 1. The summed E-state index contributed by atoms with van der Waals surface area (Å²) in [4.78, 5) is 5.24. The van der Waals surface area contributed by atoms with Gasteiger partial charge in [0.1, 0.15) is 0 Å². The Hall–Kier alpha value is -0.940. The van der Waals surface area contributed by atoms with Crippen LogP contribution in [0.2, 0.25) is 0 Å². The maximum absolute atomic E-state index is 5.46. The van der Waals surface area contributed by atoms with Crippen molar-refractivity contribution in [1.82, 2.24) is 15.1 Å². The highest BCUT2D eigenvalue weighted by Gasteiger charge is 2.28. The van der Waals surface area contributed by atoms with Crippen LogP contribution in [0.25, 0.3) is 0 Å². The molecule has 0 aliphatic carbocycles. The van der Waals surface area contributed by atoms with Crippen LogP contribution in [0.5, 0.6) is 0 Å². The van der Waals surface area contributed by atoms with Crippen molar-refractivity contribution in [3.8, 4) is 0 Å². The third-order valence-corrected chi connectivity index (χ3v) is 5.12. The standard InChI is InChI=1S/C17H25N3O/c1-2-15-10-18-11-16(15)9-14(1)12-19-4-3-17(13-19)20-5-7-21-8-6-20/h1-2,9,17-18H,3-8,10-13H2. The Kier molecular flexibility index (Phi) is 3.95. The Morgan fingerprint density at radius 1 is 1.10 bits per heavy atom. The summed E-state index contributed by atoms with van der Waals surface area (Å²) in [6.07, 6.45) is 1.31. The van der Waals surface area contributed by atoms with Gasteiger partial charge in [-0.1, -0.05) is 18.2 Å². The molecule has 3 aliphatic rings. The maximum Gasteiger partial charge on any atom is 0.0594 e. The second-order valence-corrected chi connectivity index (χ2v) is 6.53. The molecule has 4 nitrogen and oxygen atoms in total. The Morgan fingerprint density at radius 3 is 2.86 bits per heavy atom. The summed E-state index contributed by atoms with van der Waals surface area (Å²) < 4.78 is 5.46. The molecular weight excluding hydrogens is 262 g/mol. The molecule has 0 saturated carbocycles. The van der Waals surface area contributed by atoms with Gasteiger partial charge in [0.25, 0.3) is 0 Å². The lowest BCUT2D eigenvalue weighted by molar-refractivity contribution is 0.0184. The minimum atomic E-state index is 0.741. The molecule has 1 aromatic rings. The van der Waals surface area contributed by atoms with Crippen molar-refractivity contribution in [3.63, 3.8) is 0 Å². The number of likely N-dealkylation sites (tertiary alicyclic amines) is 1. The summed E-state index contributed by atoms with van der Waals surface area (Å²) >= 11 is 0. The molecule has 1 aromatic carbocycles. The average Bonchev–Trinajstić information content (AvgIpc) is 3.17. The fourth-order valence-electron chi connectivity index (χ4n) is 3.90. The zero-order chi connectivity index (χ0) is 14.1. The monoisotopic (exact) mass is 287 g/mol. The van der Waals surface area contributed by atoms with Crippen LogP contribution in [0.15, 0.2) is 18.2 Å². The number of rotatable bonds is 3. The number of fused-ring (bicyclic) bond motifs is 1. The highest BCUT2D eigenvalue weighted by atomic mass is 16.5. The number of morpholine rings is 1. The normalized spacial score (nSPS) is 27.1. The van der Waals surface area contributed by atoms with E-state index < -0.39 is 0 Å². The van der Waals surface area contributed by atoms with Crippen molar-refractivity contribution >= 4 is 0 Å². The summed E-state index contributed by atoms with van der Waals surface area (Å²) in [5, 5.41) is 3.43. The molecule has 0 amide bonds. The molecule has 4 rings (SSSR count). The van der Waals surface area contributed by atoms with Crippen LogP contribution in [0.3, 0.4) is 0 Å². The first kappa shape index (κ1) is 13.7. The zero-order valence-electron chi connectivity index (χ0n) is 12.7. The highest BCUT2D eigenvalue weighted by Crippen LogP contribution is 2.22. The highest BCUT2D eigenvalue weighted by molar-refractivity contribution is 5.34. The van der Waals surface area contributed by atoms with Gasteiger partial charge in [0.15, 0.2) is 0 Å². The van der Waals surface area contributed by atoms with Crippen molar-refractivity contribution in [1.29, 1.82) is 0 Å². The molecule has 1 N–H and O–H groups in total. The van der Waals surface area contributed by atoms with Gasteiger partial charge in [0.2, 0.25) is 0 Å². The van der Waals surface area contributed by atoms with E-state index in [1.807, 2.05) is 0 Å². The molecule has 0 radical (unpaired) electrons. The molecule has 2 saturated heterocycles. The van der Waals surface area contributed by atoms with Crippen LogP contribution in [0, 0.1) is 0 Å². The van der Waals surface area contributed by atoms with E-state index in [-0.39, 0.29) is 0 Å². The Bertz CT molecular complexity index is 499. The van der Waals surface area contributed by atoms with Gasteiger partial charge in [-0.2, -0.15) is 0 Å². The van der Waals surface area contributed by atoms with Gasteiger partial charge in [-0.3, -0.25) is 9.80 Å². The number of benzene rings is 1. The molecule has 2 fully saturated rings. The molecule has 3 heterocycles. The molecule has 21 heavy (non-hydrogen) atoms. The van der Waals surface area contributed by atoms with Gasteiger partial charge in [-0.25, -0.2) is 0 Å².